The average molecular weight is 274 g/mol. The SMILES string of the molecule is CC1Cc2cc(Cl)cc(S(=O)(=O)N=C=O)c2O1. The Labute approximate surface area is 103 Å². The molecule has 0 aliphatic carbocycles. The highest BCUT2D eigenvalue weighted by Crippen LogP contribution is 2.38. The fraction of sp³-hybridized carbons (Fsp3) is 0.300. The molecule has 0 saturated carbocycles. The van der Waals surface area contributed by atoms with Crippen LogP contribution in [0.5, 0.6) is 5.75 Å². The smallest absolute Gasteiger partial charge is 0.296 e. The molecule has 1 aromatic carbocycles. The number of benzene rings is 1. The fourth-order valence-corrected chi connectivity index (χ4v) is 2.94. The molecule has 1 atom stereocenters. The van der Waals surface area contributed by atoms with E-state index in [9.17, 15) is 13.2 Å². The first kappa shape index (κ1) is 12.1. The highest BCUT2D eigenvalue weighted by molar-refractivity contribution is 7.90. The Morgan fingerprint density at radius 3 is 2.88 bits per heavy atom. The molecule has 0 bridgehead atoms. The fourth-order valence-electron chi connectivity index (χ4n) is 1.75. The summed E-state index contributed by atoms with van der Waals surface area (Å²) in [5, 5.41) is 0.265. The Bertz CT molecular complexity index is 619. The van der Waals surface area contributed by atoms with Crippen LogP contribution in [0.3, 0.4) is 0 Å². The highest BCUT2D eigenvalue weighted by atomic mass is 35.5. The third-order valence-electron chi connectivity index (χ3n) is 2.36. The minimum Gasteiger partial charge on any atom is -0.489 e. The predicted octanol–water partition coefficient (Wildman–Crippen LogP) is 1.69. The molecule has 0 spiro atoms. The van der Waals surface area contributed by atoms with Crippen molar-refractivity contribution in [2.24, 2.45) is 4.40 Å². The van der Waals surface area contributed by atoms with Crippen LogP contribution in [-0.4, -0.2) is 20.6 Å². The molecule has 1 aromatic rings. The monoisotopic (exact) mass is 273 g/mol. The van der Waals surface area contributed by atoms with Crippen LogP contribution in [0, 0.1) is 0 Å². The van der Waals surface area contributed by atoms with Crippen molar-refractivity contribution in [1.29, 1.82) is 0 Å². The second kappa shape index (κ2) is 4.14. The molecule has 90 valence electrons. The topological polar surface area (TPSA) is 72.8 Å². The molecule has 17 heavy (non-hydrogen) atoms. The van der Waals surface area contributed by atoms with E-state index in [2.05, 4.69) is 4.40 Å². The third kappa shape index (κ3) is 2.20. The first-order valence-electron chi connectivity index (χ1n) is 4.77. The number of nitrogens with zero attached hydrogens (tertiary/aromatic N) is 1. The van der Waals surface area contributed by atoms with Crippen molar-refractivity contribution in [3.8, 4) is 5.75 Å². The van der Waals surface area contributed by atoms with Crippen molar-refractivity contribution in [2.45, 2.75) is 24.3 Å². The second-order valence-corrected chi connectivity index (χ2v) is 5.69. The normalized spacial score (nSPS) is 18.1. The van der Waals surface area contributed by atoms with Gasteiger partial charge in [-0.1, -0.05) is 16.0 Å². The summed E-state index contributed by atoms with van der Waals surface area (Å²) in [6.45, 7) is 1.81. The number of rotatable bonds is 2. The van der Waals surface area contributed by atoms with Crippen molar-refractivity contribution in [3.63, 3.8) is 0 Å². The van der Waals surface area contributed by atoms with Gasteiger partial charge in [-0.25, -0.2) is 4.79 Å². The quantitative estimate of drug-likeness (QED) is 0.607. The van der Waals surface area contributed by atoms with Gasteiger partial charge in [0.1, 0.15) is 16.7 Å². The van der Waals surface area contributed by atoms with Gasteiger partial charge in [0.25, 0.3) is 16.1 Å². The molecule has 0 radical (unpaired) electrons. The van der Waals surface area contributed by atoms with Gasteiger partial charge >= 0.3 is 0 Å². The van der Waals surface area contributed by atoms with Crippen LogP contribution in [0.25, 0.3) is 0 Å². The first-order chi connectivity index (χ1) is 7.94. The van der Waals surface area contributed by atoms with E-state index in [1.807, 2.05) is 6.92 Å². The Balaban J connectivity index is 2.68. The standard InChI is InChI=1S/C10H8ClNO4S/c1-6-2-7-3-8(11)4-9(10(7)16-6)17(14,15)12-5-13/h3-4,6H,2H2,1H3. The number of hydrogen-bond donors (Lipinski definition) is 0. The van der Waals surface area contributed by atoms with Gasteiger partial charge in [-0.2, -0.15) is 8.42 Å². The lowest BCUT2D eigenvalue weighted by molar-refractivity contribution is 0.249. The minimum absolute atomic E-state index is 0.127. The van der Waals surface area contributed by atoms with Crippen LogP contribution < -0.4 is 4.74 Å². The van der Waals surface area contributed by atoms with Crippen molar-refractivity contribution in [1.82, 2.24) is 0 Å². The molecule has 1 aliphatic heterocycles. The molecule has 1 aliphatic rings. The Morgan fingerprint density at radius 2 is 2.24 bits per heavy atom. The molecule has 0 fully saturated rings. The summed E-state index contributed by atoms with van der Waals surface area (Å²) in [7, 11) is -4.09. The van der Waals surface area contributed by atoms with E-state index in [1.54, 1.807) is 6.07 Å². The lowest BCUT2D eigenvalue weighted by Crippen LogP contribution is -2.07. The number of hydrogen-bond acceptors (Lipinski definition) is 4. The van der Waals surface area contributed by atoms with Crippen molar-refractivity contribution < 1.29 is 17.9 Å². The second-order valence-electron chi connectivity index (χ2n) is 3.68. The minimum atomic E-state index is -4.09. The van der Waals surface area contributed by atoms with Crippen LogP contribution in [0.1, 0.15) is 12.5 Å². The van der Waals surface area contributed by atoms with Crippen molar-refractivity contribution in [2.75, 3.05) is 0 Å². The Morgan fingerprint density at radius 1 is 1.53 bits per heavy atom. The number of carbonyl (C=O) groups excluding carboxylic acids is 1. The number of sulfonamides is 1. The zero-order valence-electron chi connectivity index (χ0n) is 8.81. The highest BCUT2D eigenvalue weighted by Gasteiger charge is 2.29. The molecule has 1 unspecified atom stereocenters. The van der Waals surface area contributed by atoms with Gasteiger partial charge in [0.15, 0.2) is 0 Å². The Hall–Kier alpha value is -1.36. The number of isocyanates is 1. The average Bonchev–Trinajstić information content (AvgIpc) is 2.56. The predicted molar refractivity (Wildman–Crippen MR) is 60.6 cm³/mol. The van der Waals surface area contributed by atoms with E-state index < -0.39 is 10.0 Å². The van der Waals surface area contributed by atoms with Gasteiger partial charge in [0.05, 0.1) is 0 Å². The van der Waals surface area contributed by atoms with E-state index in [-0.39, 0.29) is 21.8 Å². The van der Waals surface area contributed by atoms with Crippen molar-refractivity contribution >= 4 is 27.7 Å². The molecular weight excluding hydrogens is 266 g/mol. The summed E-state index contributed by atoms with van der Waals surface area (Å²) in [6.07, 6.45) is 1.46. The van der Waals surface area contributed by atoms with Gasteiger partial charge in [0.2, 0.25) is 0 Å². The number of ether oxygens (including phenoxy) is 1. The number of fused-ring (bicyclic) bond motifs is 1. The van der Waals surface area contributed by atoms with E-state index >= 15 is 0 Å². The molecular formula is C10H8ClNO4S. The van der Waals surface area contributed by atoms with Gasteiger partial charge in [-0.05, 0) is 19.1 Å². The van der Waals surface area contributed by atoms with Crippen molar-refractivity contribution in [3.05, 3.63) is 22.7 Å². The van der Waals surface area contributed by atoms with Gasteiger partial charge in [-0.3, -0.25) is 0 Å². The van der Waals surface area contributed by atoms with Crippen LogP contribution in [0.4, 0.5) is 0 Å². The lowest BCUT2D eigenvalue weighted by atomic mass is 10.1. The largest absolute Gasteiger partial charge is 0.489 e. The molecule has 7 heteroatoms. The summed E-state index contributed by atoms with van der Waals surface area (Å²) in [5.74, 6) is 0.223. The van der Waals surface area contributed by atoms with Gasteiger partial charge in [0, 0.05) is 17.0 Å². The molecule has 2 rings (SSSR count). The molecule has 0 saturated heterocycles. The maximum atomic E-state index is 11.7. The summed E-state index contributed by atoms with van der Waals surface area (Å²) in [4.78, 5) is 9.91. The maximum Gasteiger partial charge on any atom is 0.296 e. The van der Waals surface area contributed by atoms with E-state index in [0.29, 0.717) is 12.0 Å². The summed E-state index contributed by atoms with van der Waals surface area (Å²) >= 11 is 5.82. The van der Waals surface area contributed by atoms with Crippen LogP contribution in [0.2, 0.25) is 5.02 Å². The Kier molecular flexibility index (Phi) is 2.95. The molecule has 0 aromatic heterocycles. The van der Waals surface area contributed by atoms with Crippen LogP contribution in [0.15, 0.2) is 21.4 Å². The van der Waals surface area contributed by atoms with Gasteiger partial charge < -0.3 is 4.74 Å². The summed E-state index contributed by atoms with van der Waals surface area (Å²) in [5.41, 5.74) is 0.699. The van der Waals surface area contributed by atoms with E-state index in [1.165, 1.54) is 6.07 Å². The number of halogens is 1. The molecule has 0 N–H and O–H groups in total. The van der Waals surface area contributed by atoms with E-state index in [4.69, 9.17) is 16.3 Å². The summed E-state index contributed by atoms with van der Waals surface area (Å²) < 4.78 is 31.6. The zero-order valence-corrected chi connectivity index (χ0v) is 10.4. The van der Waals surface area contributed by atoms with Crippen LogP contribution in [-0.2, 0) is 21.2 Å². The van der Waals surface area contributed by atoms with Crippen LogP contribution >= 0.6 is 11.6 Å². The first-order valence-corrected chi connectivity index (χ1v) is 6.59. The summed E-state index contributed by atoms with van der Waals surface area (Å²) in [6, 6.07) is 2.86. The van der Waals surface area contributed by atoms with Gasteiger partial charge in [-0.15, -0.1) is 0 Å². The molecule has 5 nitrogen and oxygen atoms in total. The molecule has 0 amide bonds. The lowest BCUT2D eigenvalue weighted by Gasteiger charge is -2.07. The third-order valence-corrected chi connectivity index (χ3v) is 3.75. The zero-order chi connectivity index (χ0) is 12.6. The maximum absolute atomic E-state index is 11.7. The molecule has 1 heterocycles. The van der Waals surface area contributed by atoms with E-state index in [0.717, 1.165) is 6.08 Å².